The highest BCUT2D eigenvalue weighted by Gasteiger charge is 2.10. The molecule has 0 amide bonds. The van der Waals surface area contributed by atoms with Crippen LogP contribution in [0, 0.1) is 20.8 Å². The Hall–Kier alpha value is -2.04. The molecule has 2 aromatic heterocycles. The van der Waals surface area contributed by atoms with Crippen molar-refractivity contribution in [3.63, 3.8) is 0 Å². The molecule has 0 unspecified atom stereocenters. The van der Waals surface area contributed by atoms with Crippen molar-refractivity contribution < 1.29 is 4.74 Å². The summed E-state index contributed by atoms with van der Waals surface area (Å²) in [6.07, 6.45) is 1.05. The molecular formula is C19H32N8OS. The third kappa shape index (κ3) is 6.48. The van der Waals surface area contributed by atoms with Crippen LogP contribution < -0.4 is 10.6 Å². The molecule has 3 heterocycles. The van der Waals surface area contributed by atoms with Crippen molar-refractivity contribution in [2.24, 2.45) is 12.0 Å². The Balaban J connectivity index is 1.54. The van der Waals surface area contributed by atoms with Gasteiger partial charge in [-0.3, -0.25) is 4.90 Å². The first-order valence-corrected chi connectivity index (χ1v) is 10.9. The number of guanidine groups is 1. The predicted molar refractivity (Wildman–Crippen MR) is 115 cm³/mol. The summed E-state index contributed by atoms with van der Waals surface area (Å²) >= 11 is 1.72. The molecule has 9 nitrogen and oxygen atoms in total. The van der Waals surface area contributed by atoms with Gasteiger partial charge in [0.15, 0.2) is 11.8 Å². The molecule has 2 N–H and O–H groups in total. The number of morpholine rings is 1. The van der Waals surface area contributed by atoms with Gasteiger partial charge in [0.2, 0.25) is 0 Å². The first-order valence-electron chi connectivity index (χ1n) is 10.1. The number of ether oxygens (including phenoxy) is 1. The van der Waals surface area contributed by atoms with Gasteiger partial charge in [0.25, 0.3) is 0 Å². The highest BCUT2D eigenvalue weighted by Crippen LogP contribution is 2.15. The lowest BCUT2D eigenvalue weighted by molar-refractivity contribution is 0.0376. The normalized spacial score (nSPS) is 15.7. The standard InChI is InChI=1S/C19H32N8OS/c1-14-15(2)29-18(23-14)13-22-19(21-12-17-25-24-16(3)26(17)4)20-6-5-7-27-8-10-28-11-9-27/h5-13H2,1-4H3,(H2,20,21,22). The molecule has 1 aliphatic heterocycles. The summed E-state index contributed by atoms with van der Waals surface area (Å²) in [6.45, 7) is 12.9. The van der Waals surface area contributed by atoms with Gasteiger partial charge in [0.1, 0.15) is 17.4 Å². The molecule has 0 atom stereocenters. The van der Waals surface area contributed by atoms with Crippen molar-refractivity contribution in [2.45, 2.75) is 40.3 Å². The van der Waals surface area contributed by atoms with Crippen molar-refractivity contribution >= 4 is 17.3 Å². The molecule has 10 heteroatoms. The molecule has 2 aromatic rings. The zero-order valence-corrected chi connectivity index (χ0v) is 18.7. The largest absolute Gasteiger partial charge is 0.379 e. The van der Waals surface area contributed by atoms with E-state index < -0.39 is 0 Å². The summed E-state index contributed by atoms with van der Waals surface area (Å²) in [5.74, 6) is 2.51. The van der Waals surface area contributed by atoms with Crippen molar-refractivity contribution in [2.75, 3.05) is 39.4 Å². The Labute approximate surface area is 176 Å². The number of nitrogens with one attached hydrogen (secondary N) is 2. The summed E-state index contributed by atoms with van der Waals surface area (Å²) in [4.78, 5) is 13.0. The fourth-order valence-corrected chi connectivity index (χ4v) is 3.89. The molecule has 3 rings (SSSR count). The quantitative estimate of drug-likeness (QED) is 0.376. The van der Waals surface area contributed by atoms with Crippen LogP contribution in [0.2, 0.25) is 0 Å². The lowest BCUT2D eigenvalue weighted by Crippen LogP contribution is -2.40. The summed E-state index contributed by atoms with van der Waals surface area (Å²) < 4.78 is 7.37. The molecule has 0 aromatic carbocycles. The monoisotopic (exact) mass is 420 g/mol. The van der Waals surface area contributed by atoms with E-state index in [1.807, 2.05) is 25.5 Å². The van der Waals surface area contributed by atoms with Crippen LogP contribution in [0.15, 0.2) is 4.99 Å². The molecule has 1 saturated heterocycles. The number of aliphatic imine (C=N–C) groups is 1. The zero-order valence-electron chi connectivity index (χ0n) is 17.9. The highest BCUT2D eigenvalue weighted by atomic mass is 32.1. The first-order chi connectivity index (χ1) is 14.0. The lowest BCUT2D eigenvalue weighted by atomic mass is 10.3. The second-order valence-corrected chi connectivity index (χ2v) is 8.51. The summed E-state index contributed by atoms with van der Waals surface area (Å²) in [7, 11) is 1.96. The van der Waals surface area contributed by atoms with Crippen LogP contribution in [0.25, 0.3) is 0 Å². The molecule has 0 aliphatic carbocycles. The number of aryl methyl sites for hydroxylation is 3. The SMILES string of the molecule is Cc1nc(CNC(=NCc2nnc(C)n2C)NCCCN2CCOCC2)sc1C. The molecule has 0 bridgehead atoms. The van der Waals surface area contributed by atoms with Crippen molar-refractivity contribution in [1.29, 1.82) is 0 Å². The highest BCUT2D eigenvalue weighted by molar-refractivity contribution is 7.11. The van der Waals surface area contributed by atoms with E-state index in [9.17, 15) is 0 Å². The molecule has 29 heavy (non-hydrogen) atoms. The van der Waals surface area contributed by atoms with Gasteiger partial charge in [0, 0.05) is 31.6 Å². The summed E-state index contributed by atoms with van der Waals surface area (Å²) in [5.41, 5.74) is 1.10. The first kappa shape index (κ1) is 21.7. The Kier molecular flexibility index (Phi) is 7.96. The smallest absolute Gasteiger partial charge is 0.192 e. The van der Waals surface area contributed by atoms with Gasteiger partial charge in [-0.25, -0.2) is 9.98 Å². The number of hydrogen-bond acceptors (Lipinski definition) is 7. The van der Waals surface area contributed by atoms with Gasteiger partial charge < -0.3 is 19.9 Å². The van der Waals surface area contributed by atoms with Gasteiger partial charge in [-0.15, -0.1) is 21.5 Å². The maximum Gasteiger partial charge on any atom is 0.192 e. The van der Waals surface area contributed by atoms with E-state index >= 15 is 0 Å². The van der Waals surface area contributed by atoms with E-state index in [0.29, 0.717) is 13.1 Å². The Morgan fingerprint density at radius 2 is 1.97 bits per heavy atom. The fourth-order valence-electron chi connectivity index (χ4n) is 3.02. The Bertz CT molecular complexity index is 790. The number of thiazole rings is 1. The van der Waals surface area contributed by atoms with Gasteiger partial charge in [-0.05, 0) is 33.7 Å². The van der Waals surface area contributed by atoms with Crippen LogP contribution >= 0.6 is 11.3 Å². The van der Waals surface area contributed by atoms with Crippen LogP contribution in [0.3, 0.4) is 0 Å². The molecular weight excluding hydrogens is 388 g/mol. The molecule has 0 saturated carbocycles. The number of rotatable bonds is 8. The van der Waals surface area contributed by atoms with Crippen LogP contribution in [-0.2, 0) is 24.9 Å². The number of hydrogen-bond donors (Lipinski definition) is 2. The van der Waals surface area contributed by atoms with Gasteiger partial charge >= 0.3 is 0 Å². The van der Waals surface area contributed by atoms with Gasteiger partial charge in [-0.2, -0.15) is 0 Å². The van der Waals surface area contributed by atoms with E-state index in [1.54, 1.807) is 11.3 Å². The average molecular weight is 421 g/mol. The molecule has 1 aliphatic rings. The second-order valence-electron chi connectivity index (χ2n) is 7.22. The minimum atomic E-state index is 0.478. The van der Waals surface area contributed by atoms with Crippen LogP contribution in [-0.4, -0.2) is 70.0 Å². The van der Waals surface area contributed by atoms with E-state index in [2.05, 4.69) is 37.6 Å². The lowest BCUT2D eigenvalue weighted by Gasteiger charge is -2.26. The van der Waals surface area contributed by atoms with Gasteiger partial charge in [-0.1, -0.05) is 0 Å². The van der Waals surface area contributed by atoms with Gasteiger partial charge in [0.05, 0.1) is 25.5 Å². The molecule has 160 valence electrons. The van der Waals surface area contributed by atoms with E-state index in [4.69, 9.17) is 9.73 Å². The Morgan fingerprint density at radius 1 is 1.17 bits per heavy atom. The maximum atomic E-state index is 5.41. The van der Waals surface area contributed by atoms with Crippen LogP contribution in [0.1, 0.15) is 33.6 Å². The zero-order chi connectivity index (χ0) is 20.6. The maximum absolute atomic E-state index is 5.41. The topological polar surface area (TPSA) is 92.5 Å². The van der Waals surface area contributed by atoms with Crippen molar-refractivity contribution in [3.8, 4) is 0 Å². The second kappa shape index (κ2) is 10.7. The third-order valence-electron chi connectivity index (χ3n) is 5.09. The van der Waals surface area contributed by atoms with Crippen LogP contribution in [0.4, 0.5) is 0 Å². The predicted octanol–water partition coefficient (Wildman–Crippen LogP) is 1.15. The summed E-state index contributed by atoms with van der Waals surface area (Å²) in [6, 6.07) is 0. The molecule has 1 fully saturated rings. The van der Waals surface area contributed by atoms with Crippen molar-refractivity contribution in [3.05, 3.63) is 27.2 Å². The fraction of sp³-hybridized carbons (Fsp3) is 0.684. The summed E-state index contributed by atoms with van der Waals surface area (Å²) in [5, 5.41) is 16.2. The van der Waals surface area contributed by atoms with E-state index in [0.717, 1.165) is 74.1 Å². The van der Waals surface area contributed by atoms with Crippen molar-refractivity contribution in [1.82, 2.24) is 35.3 Å². The average Bonchev–Trinajstić information content (AvgIpc) is 3.22. The minimum Gasteiger partial charge on any atom is -0.379 e. The third-order valence-corrected chi connectivity index (χ3v) is 6.16. The van der Waals surface area contributed by atoms with E-state index in [-0.39, 0.29) is 0 Å². The molecule has 0 spiro atoms. The number of aromatic nitrogens is 4. The minimum absolute atomic E-state index is 0.478. The molecule has 0 radical (unpaired) electrons. The van der Waals surface area contributed by atoms with E-state index in [1.165, 1.54) is 4.88 Å². The van der Waals surface area contributed by atoms with Crippen LogP contribution in [0.5, 0.6) is 0 Å². The Morgan fingerprint density at radius 3 is 2.62 bits per heavy atom. The number of nitrogens with zero attached hydrogens (tertiary/aromatic N) is 6.